The molecule has 145 heavy (non-hydrogen) atoms. The van der Waals surface area contributed by atoms with Crippen LogP contribution in [0.25, 0.3) is 10.9 Å². The lowest BCUT2D eigenvalue weighted by atomic mass is 9.76. The van der Waals surface area contributed by atoms with Gasteiger partial charge in [0.15, 0.2) is 23.1 Å². The van der Waals surface area contributed by atoms with Crippen LogP contribution in [0, 0.1) is 29.6 Å². The van der Waals surface area contributed by atoms with Crippen molar-refractivity contribution in [3.05, 3.63) is 180 Å². The monoisotopic (exact) mass is 2030 g/mol. The third-order valence-electron chi connectivity index (χ3n) is 25.0. The first-order chi connectivity index (χ1) is 68.2. The van der Waals surface area contributed by atoms with Crippen molar-refractivity contribution in [3.63, 3.8) is 0 Å². The van der Waals surface area contributed by atoms with Gasteiger partial charge in [-0.1, -0.05) is 160 Å². The lowest BCUT2D eigenvalue weighted by Crippen LogP contribution is -2.55. The number of unbranched alkanes of at least 4 members (excludes halogenated alkanes) is 2. The number of fused-ring (bicyclic) bond motifs is 2. The van der Waals surface area contributed by atoms with Gasteiger partial charge in [-0.25, -0.2) is 14.4 Å². The Bertz CT molecular complexity index is 5220. The summed E-state index contributed by atoms with van der Waals surface area (Å²) in [4.78, 5) is 221. The van der Waals surface area contributed by atoms with Crippen LogP contribution in [0.15, 0.2) is 152 Å². The number of benzene rings is 5. The zero-order valence-electron chi connectivity index (χ0n) is 88.2. The average Bonchev–Trinajstić information content (AvgIpc) is 1.47. The molecule has 8 rings (SSSR count). The summed E-state index contributed by atoms with van der Waals surface area (Å²) in [6, 6.07) is 36.0. The molecule has 1 aromatic heterocycles. The largest absolute Gasteiger partial charge is 0.480 e. The highest BCUT2D eigenvalue weighted by molar-refractivity contribution is 8.00. The van der Waals surface area contributed by atoms with E-state index in [1.165, 1.54) is 24.6 Å². The number of thioether (sulfide) groups is 1. The molecular weight excluding hydrogens is 1870 g/mol. The normalized spacial score (nSPS) is 16.8. The number of carboxylic acids is 1. The van der Waals surface area contributed by atoms with Crippen LogP contribution >= 0.6 is 11.8 Å². The van der Waals surface area contributed by atoms with Crippen LogP contribution < -0.4 is 48.3 Å². The molecule has 32 nitrogen and oxygen atoms in total. The minimum Gasteiger partial charge on any atom is -0.480 e. The van der Waals surface area contributed by atoms with Gasteiger partial charge in [-0.05, 0) is 228 Å². The third-order valence-corrected chi connectivity index (χ3v) is 26.5. The number of rotatable bonds is 59. The van der Waals surface area contributed by atoms with Gasteiger partial charge in [0.05, 0.1) is 96.2 Å². The molecule has 0 bridgehead atoms. The number of hydrogen-bond acceptors (Lipinski definition) is 23. The van der Waals surface area contributed by atoms with Crippen LogP contribution in [0.2, 0.25) is 0 Å². The number of urea groups is 1. The van der Waals surface area contributed by atoms with E-state index in [0.29, 0.717) is 76.1 Å². The number of nitrogens with one attached hydrogen (secondary N) is 8. The number of esters is 1. The average molecular weight is 2030 g/mol. The van der Waals surface area contributed by atoms with Crippen molar-refractivity contribution in [3.8, 4) is 0 Å². The highest BCUT2D eigenvalue weighted by atomic mass is 32.2. The molecule has 3 heterocycles. The van der Waals surface area contributed by atoms with Crippen LogP contribution in [0.1, 0.15) is 275 Å². The topological polar surface area (TPSA) is 459 Å². The summed E-state index contributed by atoms with van der Waals surface area (Å²) < 4.78 is 38.1. The maximum absolute atomic E-state index is 16.3. The predicted octanol–water partition coefficient (Wildman–Crippen LogP) is 14.5. The first-order valence-electron chi connectivity index (χ1n) is 51.1. The minimum absolute atomic E-state index is 0.00240. The summed E-state index contributed by atoms with van der Waals surface area (Å²) in [7, 11) is 0. The van der Waals surface area contributed by atoms with Gasteiger partial charge in [0.2, 0.25) is 35.4 Å². The zero-order chi connectivity index (χ0) is 107. The number of Topliss-reactive ketones (excluding diaryl/α,β-unsaturated/α-hetero) is 5. The standard InChI is InChI=1S/C112H158N10O22S/c1-70(2)59-87(104(135)136)117-100(131)74(53-54-96(129)121-112(78-41-26-21-27-42-78,79-43-28-22-29-44-79)80-45-30-23-31-46-80)62-91(125)85(60-73-39-24-20-25-40-73)115-101(132)75(61-76-67-122(106(138)144-111(17,18)19)89-51-34-33-49-82(76)89)63-93(127)98(72(4)142-109(11,12)13)119-103(134)83(71(3)141-108(8,9)10)65-92(126)86(66-97(130)143-110(14,15)16)116-102(133)77(68-140-107(5,6)7)64-90(124)84(50-36-37-56-113)114-95(128)55-58-139-57-38-48-81(123)47-32-35-52-94-99-88(69-145-94)118-105(137)120-99/h20-31,33-34,39-46,49,51,67,70-72,74-75,77,83-88,94,98-99H,32,35-38,47-48,50,52-66,68-69,113H2,1-19H3,(H,114,128)(H,115,132)(H,116,133)(H,117,131)(H,119,134)(H,121,129)(H,135,136)(H2,118,120,137)/t71-,72-,74-,75-,77+,83+,84+,85+,86+,87+,88+,94+,98+,99+/m1/s1. The van der Waals surface area contributed by atoms with E-state index >= 15 is 38.4 Å². The Kier molecular flexibility index (Phi) is 45.4. The van der Waals surface area contributed by atoms with Crippen molar-refractivity contribution in [1.82, 2.24) is 47.1 Å². The molecule has 0 aliphatic carbocycles. The molecule has 2 saturated heterocycles. The van der Waals surface area contributed by atoms with Gasteiger partial charge in [0.1, 0.15) is 34.6 Å². The molecule has 5 aromatic carbocycles. The second-order valence-electron chi connectivity index (χ2n) is 43.7. The molecule has 14 atom stereocenters. The van der Waals surface area contributed by atoms with Crippen LogP contribution in [-0.4, -0.2) is 218 Å². The number of aliphatic carboxylic acids is 1. The molecule has 8 amide bonds. The number of carboxylic acid groups (broad SMARTS) is 1. The van der Waals surface area contributed by atoms with E-state index < -0.39 is 215 Å². The van der Waals surface area contributed by atoms with Gasteiger partial charge < -0.3 is 81.8 Å². The summed E-state index contributed by atoms with van der Waals surface area (Å²) in [5.41, 5.74) is 2.93. The molecule has 0 radical (unpaired) electrons. The van der Waals surface area contributed by atoms with Crippen molar-refractivity contribution in [2.75, 3.05) is 32.1 Å². The van der Waals surface area contributed by atoms with Gasteiger partial charge >= 0.3 is 24.1 Å². The number of carbonyl (C=O) groups excluding carboxylic acids is 14. The number of ether oxygens (including phenoxy) is 6. The highest BCUT2D eigenvalue weighted by Crippen LogP contribution is 2.39. The van der Waals surface area contributed by atoms with Crippen molar-refractivity contribution < 1.29 is 105 Å². The molecular formula is C112H158N10O22S. The van der Waals surface area contributed by atoms with Crippen molar-refractivity contribution >= 4 is 111 Å². The molecule has 2 aliphatic rings. The Morgan fingerprint density at radius 1 is 0.483 bits per heavy atom. The van der Waals surface area contributed by atoms with Crippen LogP contribution in [0.5, 0.6) is 0 Å². The van der Waals surface area contributed by atoms with E-state index in [1.54, 1.807) is 172 Å². The Hall–Kier alpha value is -11.4. The SMILES string of the molecule is CC(C)C[C@H](NC(=O)[C@H](CCC(=O)NC(c1ccccc1)(c1ccccc1)c1ccccc1)CC(=O)[C@H](Cc1ccccc1)NC(=O)[C@@H](CC(=O)[C@@H](NC(=O)[C@@H](CC(=O)[C@H](CC(=O)OC(C)(C)C)NC(=O)[C@H](COC(C)(C)C)CC(=O)[C@H](CCCCN)NC(=O)CCOCCCC(=O)CCCC[C@@H]1SC[C@@H]2NC(=O)N[C@@H]21)[C@@H](C)OC(C)(C)C)[C@@H](C)OC(C)(C)C)Cc1cn(C(=O)OC(C)(C)C)c2ccccc12)C(=O)O. The number of nitrogens with two attached hydrogens (primary N) is 1. The van der Waals surface area contributed by atoms with Crippen LogP contribution in [0.4, 0.5) is 9.59 Å². The number of amides is 8. The number of para-hydroxylation sites is 1. The summed E-state index contributed by atoms with van der Waals surface area (Å²) in [5, 5.41) is 34.8. The quantitative estimate of drug-likeness (QED) is 0.00733. The minimum atomic E-state index is -1.78. The number of aromatic nitrogens is 1. The van der Waals surface area contributed by atoms with Gasteiger partial charge in [-0.3, -0.25) is 62.1 Å². The van der Waals surface area contributed by atoms with E-state index in [2.05, 4.69) is 42.5 Å². The fourth-order valence-electron chi connectivity index (χ4n) is 18.2. The van der Waals surface area contributed by atoms with Crippen molar-refractivity contribution in [1.29, 1.82) is 0 Å². The number of nitrogens with zero attached hydrogens (tertiary/aromatic N) is 1. The Morgan fingerprint density at radius 3 is 1.59 bits per heavy atom. The third kappa shape index (κ3) is 39.4. The van der Waals surface area contributed by atoms with Crippen molar-refractivity contribution in [2.45, 2.75) is 353 Å². The first-order valence-corrected chi connectivity index (χ1v) is 52.1. The molecule has 2 aliphatic heterocycles. The van der Waals surface area contributed by atoms with E-state index in [-0.39, 0.29) is 94.5 Å². The van der Waals surface area contributed by atoms with E-state index in [1.807, 2.05) is 103 Å². The second-order valence-corrected chi connectivity index (χ2v) is 45.0. The molecule has 6 aromatic rings. The highest BCUT2D eigenvalue weighted by Gasteiger charge is 2.46. The molecule has 11 N–H and O–H groups in total. The number of hydrogen-bond donors (Lipinski definition) is 10. The fourth-order valence-corrected chi connectivity index (χ4v) is 19.8. The number of carbonyl (C=O) groups is 15. The van der Waals surface area contributed by atoms with Gasteiger partial charge in [0.25, 0.3) is 0 Å². The predicted molar refractivity (Wildman–Crippen MR) is 557 cm³/mol. The summed E-state index contributed by atoms with van der Waals surface area (Å²) in [6.45, 7) is 32.1. The summed E-state index contributed by atoms with van der Waals surface area (Å²) >= 11 is 1.83. The zero-order valence-corrected chi connectivity index (χ0v) is 89.0. The van der Waals surface area contributed by atoms with Gasteiger partial charge in [0, 0.05) is 92.4 Å². The van der Waals surface area contributed by atoms with E-state index in [4.69, 9.17) is 34.2 Å². The fraction of sp³-hybridized carbons (Fsp3) is 0.580. The lowest BCUT2D eigenvalue weighted by Gasteiger charge is -2.37. The van der Waals surface area contributed by atoms with Crippen molar-refractivity contribution in [2.24, 2.45) is 35.3 Å². The van der Waals surface area contributed by atoms with Gasteiger partial charge in [-0.15, -0.1) is 0 Å². The molecule has 33 heteroatoms. The molecule has 794 valence electrons. The first kappa shape index (κ1) is 119. The van der Waals surface area contributed by atoms with E-state index in [9.17, 15) is 38.7 Å². The Balaban J connectivity index is 1.11. The Morgan fingerprint density at radius 2 is 1.01 bits per heavy atom. The number of ketones is 5. The lowest BCUT2D eigenvalue weighted by molar-refractivity contribution is -0.157. The van der Waals surface area contributed by atoms with E-state index in [0.717, 1.165) is 25.0 Å². The van der Waals surface area contributed by atoms with Crippen LogP contribution in [0.3, 0.4) is 0 Å². The maximum atomic E-state index is 16.3. The molecule has 0 spiro atoms. The molecule has 0 unspecified atom stereocenters. The summed E-state index contributed by atoms with van der Waals surface area (Å²) in [5.74, 6) is -15.0. The maximum Gasteiger partial charge on any atom is 0.419 e. The smallest absolute Gasteiger partial charge is 0.419 e. The summed E-state index contributed by atoms with van der Waals surface area (Å²) in [6.07, 6.45) is -1.96. The molecule has 0 saturated carbocycles. The molecule has 2 fully saturated rings. The Labute approximate surface area is 859 Å². The van der Waals surface area contributed by atoms with Crippen LogP contribution in [-0.2, 0) is 109 Å². The second kappa shape index (κ2) is 55.4. The van der Waals surface area contributed by atoms with Gasteiger partial charge in [-0.2, -0.15) is 11.8 Å².